The van der Waals surface area contributed by atoms with Gasteiger partial charge in [0.25, 0.3) is 0 Å². The third-order valence-corrected chi connectivity index (χ3v) is 2.71. The van der Waals surface area contributed by atoms with Crippen LogP contribution >= 0.6 is 11.3 Å². The molecule has 2 amide bonds. The van der Waals surface area contributed by atoms with Gasteiger partial charge in [-0.1, -0.05) is 6.07 Å². The van der Waals surface area contributed by atoms with E-state index in [1.54, 1.807) is 12.3 Å². The van der Waals surface area contributed by atoms with Crippen LogP contribution in [0.3, 0.4) is 0 Å². The van der Waals surface area contributed by atoms with Crippen molar-refractivity contribution >= 4 is 23.2 Å². The van der Waals surface area contributed by atoms with Gasteiger partial charge in [0.05, 0.1) is 6.04 Å². The molecular weight excluding hydrogens is 202 g/mol. The van der Waals surface area contributed by atoms with Gasteiger partial charge in [0.15, 0.2) is 0 Å². The topological polar surface area (TPSA) is 84.2 Å². The number of rotatable bonds is 2. The highest BCUT2D eigenvalue weighted by molar-refractivity contribution is 7.10. The molecule has 0 fully saturated rings. The lowest BCUT2D eigenvalue weighted by atomic mass is 10.3. The van der Waals surface area contributed by atoms with Crippen LogP contribution in [-0.4, -0.2) is 11.8 Å². The van der Waals surface area contributed by atoms with Crippen molar-refractivity contribution in [2.75, 3.05) is 0 Å². The molecule has 14 heavy (non-hydrogen) atoms. The highest BCUT2D eigenvalue weighted by Gasteiger charge is 2.15. The summed E-state index contributed by atoms with van der Waals surface area (Å²) in [5, 5.41) is 4.42. The molecule has 5 nitrogen and oxygen atoms in total. The predicted molar refractivity (Wildman–Crippen MR) is 53.2 cm³/mol. The summed E-state index contributed by atoms with van der Waals surface area (Å²) in [5.41, 5.74) is 1.77. The Bertz CT molecular complexity index is 323. The maximum atomic E-state index is 11.1. The first-order chi connectivity index (χ1) is 6.65. The van der Waals surface area contributed by atoms with Crippen LogP contribution in [0.1, 0.15) is 17.8 Å². The Kier molecular flexibility index (Phi) is 3.61. The minimum absolute atomic E-state index is 0.181. The lowest BCUT2D eigenvalue weighted by molar-refractivity contribution is -0.139. The van der Waals surface area contributed by atoms with Crippen LogP contribution in [0.15, 0.2) is 17.5 Å². The molecule has 1 atom stereocenters. The zero-order valence-corrected chi connectivity index (χ0v) is 8.43. The molecule has 1 rings (SSSR count). The van der Waals surface area contributed by atoms with E-state index in [1.165, 1.54) is 11.3 Å². The molecule has 1 aromatic heterocycles. The average Bonchev–Trinajstić information content (AvgIpc) is 2.69. The number of hydrogen-bond acceptors (Lipinski definition) is 4. The smallest absolute Gasteiger partial charge is 0.323 e. The van der Waals surface area contributed by atoms with Crippen molar-refractivity contribution in [2.24, 2.45) is 5.84 Å². The van der Waals surface area contributed by atoms with Crippen molar-refractivity contribution in [3.63, 3.8) is 0 Å². The number of carbonyl (C=O) groups excluding carboxylic acids is 2. The monoisotopic (exact) mass is 213 g/mol. The first-order valence-electron chi connectivity index (χ1n) is 4.00. The van der Waals surface area contributed by atoms with Gasteiger partial charge in [-0.15, -0.1) is 11.3 Å². The van der Waals surface area contributed by atoms with Gasteiger partial charge in [-0.25, -0.2) is 5.84 Å². The zero-order chi connectivity index (χ0) is 10.6. The highest BCUT2D eigenvalue weighted by Crippen LogP contribution is 2.17. The molecule has 0 spiro atoms. The third-order valence-electron chi connectivity index (χ3n) is 1.65. The van der Waals surface area contributed by atoms with Gasteiger partial charge < -0.3 is 5.32 Å². The molecule has 0 aliphatic carbocycles. The average molecular weight is 213 g/mol. The number of thiophene rings is 1. The van der Waals surface area contributed by atoms with Gasteiger partial charge in [-0.3, -0.25) is 15.0 Å². The van der Waals surface area contributed by atoms with Gasteiger partial charge in [-0.2, -0.15) is 0 Å². The van der Waals surface area contributed by atoms with Crippen LogP contribution in [0, 0.1) is 0 Å². The Hall–Kier alpha value is -1.40. The fraction of sp³-hybridized carbons (Fsp3) is 0.250. The maximum Gasteiger partial charge on any atom is 0.323 e. The van der Waals surface area contributed by atoms with Crippen molar-refractivity contribution < 1.29 is 9.59 Å². The number of nitrogens with two attached hydrogens (primary N) is 1. The van der Waals surface area contributed by atoms with E-state index in [4.69, 9.17) is 5.84 Å². The minimum Gasteiger partial charge on any atom is -0.340 e. The van der Waals surface area contributed by atoms with Gasteiger partial charge in [0, 0.05) is 4.88 Å². The molecule has 0 saturated carbocycles. The quantitative estimate of drug-likeness (QED) is 0.278. The van der Waals surface area contributed by atoms with Crippen LogP contribution in [0.4, 0.5) is 0 Å². The van der Waals surface area contributed by atoms with Crippen LogP contribution in [0.2, 0.25) is 0 Å². The normalized spacial score (nSPS) is 11.9. The van der Waals surface area contributed by atoms with E-state index < -0.39 is 11.8 Å². The van der Waals surface area contributed by atoms with E-state index in [0.29, 0.717) is 0 Å². The second-order valence-corrected chi connectivity index (χ2v) is 3.66. The molecular formula is C8H11N3O2S. The van der Waals surface area contributed by atoms with Crippen LogP contribution in [-0.2, 0) is 9.59 Å². The molecule has 1 heterocycles. The number of nitrogens with one attached hydrogen (secondary N) is 2. The molecule has 0 aliphatic heterocycles. The molecule has 0 aromatic carbocycles. The Morgan fingerprint density at radius 1 is 1.50 bits per heavy atom. The lowest BCUT2D eigenvalue weighted by Gasteiger charge is -2.10. The van der Waals surface area contributed by atoms with E-state index >= 15 is 0 Å². The number of hydrazine groups is 1. The van der Waals surface area contributed by atoms with Crippen LogP contribution in [0.25, 0.3) is 0 Å². The molecule has 0 aliphatic rings. The van der Waals surface area contributed by atoms with E-state index in [2.05, 4.69) is 5.32 Å². The largest absolute Gasteiger partial charge is 0.340 e. The highest BCUT2D eigenvalue weighted by atomic mass is 32.1. The second-order valence-electron chi connectivity index (χ2n) is 2.68. The van der Waals surface area contributed by atoms with E-state index in [9.17, 15) is 9.59 Å². The summed E-state index contributed by atoms with van der Waals surface area (Å²) in [6, 6.07) is 3.58. The van der Waals surface area contributed by atoms with E-state index in [-0.39, 0.29) is 6.04 Å². The summed E-state index contributed by atoms with van der Waals surface area (Å²) in [6.07, 6.45) is 0. The SMILES string of the molecule is CC(NC(=O)C(=O)NN)c1cccs1. The van der Waals surface area contributed by atoms with E-state index in [0.717, 1.165) is 4.88 Å². The first-order valence-corrected chi connectivity index (χ1v) is 4.88. The summed E-state index contributed by atoms with van der Waals surface area (Å²) in [7, 11) is 0. The van der Waals surface area contributed by atoms with Crippen molar-refractivity contribution in [1.82, 2.24) is 10.7 Å². The van der Waals surface area contributed by atoms with Gasteiger partial charge in [0.2, 0.25) is 0 Å². The van der Waals surface area contributed by atoms with Gasteiger partial charge in [-0.05, 0) is 18.4 Å². The number of amides is 2. The Morgan fingerprint density at radius 3 is 2.71 bits per heavy atom. The van der Waals surface area contributed by atoms with Gasteiger partial charge in [0.1, 0.15) is 0 Å². The summed E-state index contributed by atoms with van der Waals surface area (Å²) in [5.74, 6) is 3.24. The minimum atomic E-state index is -0.839. The summed E-state index contributed by atoms with van der Waals surface area (Å²) in [4.78, 5) is 22.8. The molecule has 0 radical (unpaired) electrons. The summed E-state index contributed by atoms with van der Waals surface area (Å²) >= 11 is 1.51. The molecule has 0 bridgehead atoms. The van der Waals surface area contributed by atoms with Crippen molar-refractivity contribution in [3.8, 4) is 0 Å². The fourth-order valence-electron chi connectivity index (χ4n) is 0.937. The van der Waals surface area contributed by atoms with Crippen LogP contribution < -0.4 is 16.6 Å². The second kappa shape index (κ2) is 4.73. The Labute approximate surface area is 85.3 Å². The van der Waals surface area contributed by atoms with Crippen molar-refractivity contribution in [1.29, 1.82) is 0 Å². The number of carbonyl (C=O) groups is 2. The molecule has 0 saturated heterocycles. The molecule has 76 valence electrons. The molecule has 1 aromatic rings. The Balaban J connectivity index is 2.53. The Morgan fingerprint density at radius 2 is 2.21 bits per heavy atom. The van der Waals surface area contributed by atoms with Crippen molar-refractivity contribution in [3.05, 3.63) is 22.4 Å². The molecule has 6 heteroatoms. The first kappa shape index (κ1) is 10.7. The molecule has 4 N–H and O–H groups in total. The summed E-state index contributed by atoms with van der Waals surface area (Å²) < 4.78 is 0. The molecule has 1 unspecified atom stereocenters. The van der Waals surface area contributed by atoms with Crippen LogP contribution in [0.5, 0.6) is 0 Å². The third kappa shape index (κ3) is 2.54. The summed E-state index contributed by atoms with van der Waals surface area (Å²) in [6.45, 7) is 1.80. The van der Waals surface area contributed by atoms with E-state index in [1.807, 2.05) is 17.5 Å². The van der Waals surface area contributed by atoms with Crippen molar-refractivity contribution in [2.45, 2.75) is 13.0 Å². The fourth-order valence-corrected chi connectivity index (χ4v) is 1.67. The number of hydrogen-bond donors (Lipinski definition) is 3. The predicted octanol–water partition coefficient (Wildman–Crippen LogP) is -0.0848. The maximum absolute atomic E-state index is 11.1. The standard InChI is InChI=1S/C8H11N3O2S/c1-5(6-3-2-4-14-6)10-7(12)8(13)11-9/h2-5H,9H2,1H3,(H,10,12)(H,11,13). The van der Waals surface area contributed by atoms with Gasteiger partial charge >= 0.3 is 11.8 Å². The zero-order valence-electron chi connectivity index (χ0n) is 7.61. The lowest BCUT2D eigenvalue weighted by Crippen LogP contribution is -2.43.